The average molecular weight is 466 g/mol. The number of para-hydroxylation sites is 1. The minimum absolute atomic E-state index is 0.00418. The summed E-state index contributed by atoms with van der Waals surface area (Å²) >= 11 is 1.27. The number of hydrogen-bond donors (Lipinski definition) is 1. The van der Waals surface area contributed by atoms with E-state index in [0.29, 0.717) is 33.6 Å². The normalized spacial score (nSPS) is 14.2. The molecule has 1 unspecified atom stereocenters. The number of benzene rings is 1. The Kier molecular flexibility index (Phi) is 7.29. The molecule has 33 heavy (non-hydrogen) atoms. The van der Waals surface area contributed by atoms with Gasteiger partial charge in [-0.25, -0.2) is 15.0 Å². The molecule has 0 radical (unpaired) electrons. The molecule has 9 heteroatoms. The van der Waals surface area contributed by atoms with Gasteiger partial charge in [-0.2, -0.15) is 0 Å². The summed E-state index contributed by atoms with van der Waals surface area (Å²) in [4.78, 5) is 40.8. The third-order valence-corrected chi connectivity index (χ3v) is 6.73. The highest BCUT2D eigenvalue weighted by Crippen LogP contribution is 2.30. The third-order valence-electron chi connectivity index (χ3n) is 5.58. The Morgan fingerprint density at radius 3 is 2.61 bits per heavy atom. The molecule has 1 fully saturated rings. The molecule has 1 N–H and O–H groups in total. The van der Waals surface area contributed by atoms with E-state index in [1.807, 2.05) is 36.1 Å². The highest BCUT2D eigenvalue weighted by molar-refractivity contribution is 7.17. The fraction of sp³-hybridized carbons (Fsp3) is 0.375. The summed E-state index contributed by atoms with van der Waals surface area (Å²) in [5, 5.41) is 3.71. The summed E-state index contributed by atoms with van der Waals surface area (Å²) in [6, 6.07) is 9.00. The number of aromatic nitrogens is 3. The maximum atomic E-state index is 13.1. The second-order valence-corrected chi connectivity index (χ2v) is 8.85. The summed E-state index contributed by atoms with van der Waals surface area (Å²) in [5.74, 6) is 0.895. The zero-order valence-electron chi connectivity index (χ0n) is 18.8. The number of nitrogens with one attached hydrogen (secondary N) is 1. The number of hydrogen-bond acceptors (Lipinski definition) is 7. The van der Waals surface area contributed by atoms with Crippen LogP contribution in [0.15, 0.2) is 42.7 Å². The number of likely N-dealkylation sites (tertiary alicyclic amines) is 1. The number of rotatable bonds is 8. The van der Waals surface area contributed by atoms with Crippen molar-refractivity contribution in [3.63, 3.8) is 0 Å². The topological polar surface area (TPSA) is 97.3 Å². The summed E-state index contributed by atoms with van der Waals surface area (Å²) in [6.45, 7) is 5.39. The van der Waals surface area contributed by atoms with Gasteiger partial charge < -0.3 is 15.0 Å². The third kappa shape index (κ3) is 5.36. The lowest BCUT2D eigenvalue weighted by Gasteiger charge is -2.21. The maximum Gasteiger partial charge on any atom is 0.263 e. The van der Waals surface area contributed by atoms with Gasteiger partial charge in [0.2, 0.25) is 0 Å². The van der Waals surface area contributed by atoms with Gasteiger partial charge in [-0.3, -0.25) is 9.59 Å². The van der Waals surface area contributed by atoms with Crippen LogP contribution in [-0.2, 0) is 4.79 Å². The van der Waals surface area contributed by atoms with Crippen LogP contribution in [0, 0.1) is 6.92 Å². The monoisotopic (exact) mass is 465 g/mol. The van der Waals surface area contributed by atoms with Crippen molar-refractivity contribution in [2.75, 3.05) is 19.7 Å². The molecule has 4 rings (SSSR count). The molecular formula is C24H27N5O3S. The molecule has 3 aromatic rings. The van der Waals surface area contributed by atoms with Crippen LogP contribution in [0.1, 0.15) is 53.2 Å². The Morgan fingerprint density at radius 2 is 1.88 bits per heavy atom. The summed E-state index contributed by atoms with van der Waals surface area (Å²) in [7, 11) is 0. The smallest absolute Gasteiger partial charge is 0.263 e. The van der Waals surface area contributed by atoms with Crippen LogP contribution in [0.5, 0.6) is 5.75 Å². The Morgan fingerprint density at radius 1 is 1.15 bits per heavy atom. The highest BCUT2D eigenvalue weighted by atomic mass is 32.1. The molecule has 3 heterocycles. The number of thiazole rings is 1. The molecule has 0 aliphatic carbocycles. The van der Waals surface area contributed by atoms with Crippen LogP contribution in [-0.4, -0.2) is 51.4 Å². The zero-order chi connectivity index (χ0) is 23.2. The lowest BCUT2D eigenvalue weighted by Crippen LogP contribution is -2.32. The number of nitrogens with zero attached hydrogens (tertiary/aromatic N) is 4. The Labute approximate surface area is 197 Å². The molecule has 1 aromatic carbocycles. The molecular weight excluding hydrogens is 438 g/mol. The van der Waals surface area contributed by atoms with E-state index in [-0.39, 0.29) is 24.5 Å². The number of carbonyl (C=O) groups excluding carboxylic acids is 2. The molecule has 0 spiro atoms. The van der Waals surface area contributed by atoms with Gasteiger partial charge in [0, 0.05) is 31.0 Å². The van der Waals surface area contributed by atoms with Crippen molar-refractivity contribution in [2.45, 2.75) is 39.2 Å². The second-order valence-electron chi connectivity index (χ2n) is 7.85. The van der Waals surface area contributed by atoms with Crippen LogP contribution < -0.4 is 10.1 Å². The molecule has 2 aromatic heterocycles. The first-order valence-electron chi connectivity index (χ1n) is 11.1. The number of aryl methyl sites for hydroxylation is 1. The van der Waals surface area contributed by atoms with Crippen molar-refractivity contribution >= 4 is 23.2 Å². The average Bonchev–Trinajstić information content (AvgIpc) is 3.52. The van der Waals surface area contributed by atoms with Crippen molar-refractivity contribution in [3.8, 4) is 16.6 Å². The van der Waals surface area contributed by atoms with Gasteiger partial charge in [0.05, 0.1) is 11.7 Å². The summed E-state index contributed by atoms with van der Waals surface area (Å²) < 4.78 is 5.90. The van der Waals surface area contributed by atoms with Crippen LogP contribution >= 0.6 is 11.3 Å². The van der Waals surface area contributed by atoms with Crippen LogP contribution in [0.3, 0.4) is 0 Å². The molecule has 2 amide bonds. The van der Waals surface area contributed by atoms with Gasteiger partial charge >= 0.3 is 0 Å². The lowest BCUT2D eigenvalue weighted by molar-refractivity contribution is -0.132. The van der Waals surface area contributed by atoms with E-state index in [1.165, 1.54) is 11.3 Å². The minimum Gasteiger partial charge on any atom is -0.483 e. The quantitative estimate of drug-likeness (QED) is 0.544. The van der Waals surface area contributed by atoms with E-state index >= 15 is 0 Å². The first kappa shape index (κ1) is 22.8. The molecule has 172 valence electrons. The van der Waals surface area contributed by atoms with E-state index in [1.54, 1.807) is 25.4 Å². The van der Waals surface area contributed by atoms with Gasteiger partial charge in [0.15, 0.2) is 17.4 Å². The van der Waals surface area contributed by atoms with Crippen molar-refractivity contribution < 1.29 is 14.3 Å². The van der Waals surface area contributed by atoms with Crippen molar-refractivity contribution in [2.24, 2.45) is 0 Å². The minimum atomic E-state index is -0.270. The standard InChI is InChI=1S/C24H27N5O3S/c1-3-18(17-9-4-5-10-19(17)32-15-20(30)29-13-6-7-14-29)28-23(31)21-16(2)27-24(33-21)22-25-11-8-12-26-22/h4-5,8-12,18H,3,6-7,13-15H2,1-2H3,(H,28,31). The first-order chi connectivity index (χ1) is 16.1. The Balaban J connectivity index is 1.47. The Hall–Kier alpha value is -3.33. The van der Waals surface area contributed by atoms with E-state index in [4.69, 9.17) is 4.74 Å². The molecule has 1 aliphatic rings. The largest absolute Gasteiger partial charge is 0.483 e. The molecule has 8 nitrogen and oxygen atoms in total. The van der Waals surface area contributed by atoms with Gasteiger partial charge in [-0.05, 0) is 38.3 Å². The number of ether oxygens (including phenoxy) is 1. The van der Waals surface area contributed by atoms with Crippen molar-refractivity contribution in [1.29, 1.82) is 0 Å². The van der Waals surface area contributed by atoms with Gasteiger partial charge in [0.1, 0.15) is 10.6 Å². The van der Waals surface area contributed by atoms with E-state index in [9.17, 15) is 9.59 Å². The van der Waals surface area contributed by atoms with E-state index in [2.05, 4.69) is 20.3 Å². The first-order valence-corrected chi connectivity index (χ1v) is 11.9. The number of amides is 2. The molecule has 0 bridgehead atoms. The fourth-order valence-corrected chi connectivity index (χ4v) is 4.75. The van der Waals surface area contributed by atoms with E-state index < -0.39 is 0 Å². The van der Waals surface area contributed by atoms with Crippen molar-refractivity contribution in [1.82, 2.24) is 25.2 Å². The van der Waals surface area contributed by atoms with Gasteiger partial charge in [0.25, 0.3) is 11.8 Å². The SMILES string of the molecule is CCC(NC(=O)c1sc(-c2ncccn2)nc1C)c1ccccc1OCC(=O)N1CCCC1. The van der Waals surface area contributed by atoms with Crippen LogP contribution in [0.4, 0.5) is 0 Å². The fourth-order valence-electron chi connectivity index (χ4n) is 3.83. The molecule has 1 saturated heterocycles. The van der Waals surface area contributed by atoms with Gasteiger partial charge in [-0.1, -0.05) is 25.1 Å². The van der Waals surface area contributed by atoms with Crippen LogP contribution in [0.25, 0.3) is 10.8 Å². The van der Waals surface area contributed by atoms with Crippen molar-refractivity contribution in [3.05, 3.63) is 58.9 Å². The summed E-state index contributed by atoms with van der Waals surface area (Å²) in [6.07, 6.45) is 6.05. The predicted octanol–water partition coefficient (Wildman–Crippen LogP) is 3.79. The predicted molar refractivity (Wildman–Crippen MR) is 126 cm³/mol. The highest BCUT2D eigenvalue weighted by Gasteiger charge is 2.23. The maximum absolute atomic E-state index is 13.1. The Bertz CT molecular complexity index is 1110. The second kappa shape index (κ2) is 10.5. The molecule has 1 aliphatic heterocycles. The number of carbonyl (C=O) groups is 2. The lowest BCUT2D eigenvalue weighted by atomic mass is 10.0. The van der Waals surface area contributed by atoms with Crippen LogP contribution in [0.2, 0.25) is 0 Å². The summed E-state index contributed by atoms with van der Waals surface area (Å²) in [5.41, 5.74) is 1.48. The van der Waals surface area contributed by atoms with E-state index in [0.717, 1.165) is 31.5 Å². The zero-order valence-corrected chi connectivity index (χ0v) is 19.6. The van der Waals surface area contributed by atoms with Gasteiger partial charge in [-0.15, -0.1) is 11.3 Å². The molecule has 0 saturated carbocycles. The molecule has 1 atom stereocenters.